The van der Waals surface area contributed by atoms with Gasteiger partial charge in [0.2, 0.25) is 0 Å². The fourth-order valence-electron chi connectivity index (χ4n) is 3.74. The third-order valence-electron chi connectivity index (χ3n) is 5.06. The minimum atomic E-state index is -1.13. The van der Waals surface area contributed by atoms with Crippen LogP contribution in [0.4, 0.5) is 4.39 Å². The van der Waals surface area contributed by atoms with Crippen LogP contribution in [0.3, 0.4) is 0 Å². The van der Waals surface area contributed by atoms with Gasteiger partial charge in [0.15, 0.2) is 11.6 Å². The van der Waals surface area contributed by atoms with E-state index in [1.807, 2.05) is 13.8 Å². The number of aromatic hydroxyl groups is 1. The summed E-state index contributed by atoms with van der Waals surface area (Å²) in [6.45, 7) is 5.29. The molecule has 0 saturated heterocycles. The SMILES string of the molecule is Cc1c([C@H](CC(C)C)C(=O)O)c2c(F)c(O)ccc2n1C(=O)c1ccc(Cl)c(Cl)c1. The molecule has 0 aliphatic rings. The van der Waals surface area contributed by atoms with Gasteiger partial charge in [0.05, 0.1) is 21.5 Å². The summed E-state index contributed by atoms with van der Waals surface area (Å²) in [7, 11) is 0. The Morgan fingerprint density at radius 1 is 1.13 bits per heavy atom. The number of aliphatic carboxylic acids is 1. The molecular weight excluding hydrogens is 432 g/mol. The van der Waals surface area contributed by atoms with Crippen LogP contribution in [0.5, 0.6) is 5.75 Å². The molecule has 0 unspecified atom stereocenters. The summed E-state index contributed by atoms with van der Waals surface area (Å²) >= 11 is 12.0. The van der Waals surface area contributed by atoms with E-state index in [4.69, 9.17) is 23.2 Å². The predicted octanol–water partition coefficient (Wildman–Crippen LogP) is 6.00. The van der Waals surface area contributed by atoms with Crippen LogP contribution in [-0.4, -0.2) is 26.7 Å². The molecule has 8 heteroatoms. The molecule has 2 aromatic carbocycles. The maximum Gasteiger partial charge on any atom is 0.311 e. The molecule has 0 bridgehead atoms. The Labute approximate surface area is 182 Å². The monoisotopic (exact) mass is 451 g/mol. The molecule has 0 radical (unpaired) electrons. The Morgan fingerprint density at radius 3 is 2.37 bits per heavy atom. The summed E-state index contributed by atoms with van der Waals surface area (Å²) < 4.78 is 16.2. The van der Waals surface area contributed by atoms with Gasteiger partial charge in [0, 0.05) is 16.6 Å². The zero-order valence-corrected chi connectivity index (χ0v) is 18.1. The van der Waals surface area contributed by atoms with Crippen molar-refractivity contribution in [1.29, 1.82) is 0 Å². The number of phenolic OH excluding ortho intramolecular Hbond substituents is 1. The predicted molar refractivity (Wildman–Crippen MR) is 114 cm³/mol. The molecule has 1 aromatic heterocycles. The lowest BCUT2D eigenvalue weighted by Crippen LogP contribution is -2.17. The normalized spacial score (nSPS) is 12.5. The van der Waals surface area contributed by atoms with Crippen LogP contribution in [-0.2, 0) is 4.79 Å². The Hall–Kier alpha value is -2.57. The molecule has 3 aromatic rings. The maximum absolute atomic E-state index is 15.0. The number of carbonyl (C=O) groups excluding carboxylic acids is 1. The van der Waals surface area contributed by atoms with Crippen molar-refractivity contribution in [2.75, 3.05) is 0 Å². The third-order valence-corrected chi connectivity index (χ3v) is 5.80. The first-order chi connectivity index (χ1) is 14.0. The first-order valence-electron chi connectivity index (χ1n) is 9.29. The van der Waals surface area contributed by atoms with Crippen molar-refractivity contribution < 1.29 is 24.2 Å². The Kier molecular flexibility index (Phi) is 6.11. The molecule has 0 aliphatic carbocycles. The first kappa shape index (κ1) is 22.1. The van der Waals surface area contributed by atoms with E-state index in [0.717, 1.165) is 6.07 Å². The zero-order chi connectivity index (χ0) is 22.3. The minimum absolute atomic E-state index is 0.00930. The molecule has 0 fully saturated rings. The van der Waals surface area contributed by atoms with E-state index in [1.165, 1.54) is 28.8 Å². The highest BCUT2D eigenvalue weighted by atomic mass is 35.5. The van der Waals surface area contributed by atoms with Gasteiger partial charge in [-0.2, -0.15) is 0 Å². The Balaban J connectivity index is 2.34. The number of nitrogens with zero attached hydrogens (tertiary/aromatic N) is 1. The fourth-order valence-corrected chi connectivity index (χ4v) is 4.04. The minimum Gasteiger partial charge on any atom is -0.505 e. The lowest BCUT2D eigenvalue weighted by molar-refractivity contribution is -0.139. The van der Waals surface area contributed by atoms with Crippen molar-refractivity contribution in [2.24, 2.45) is 5.92 Å². The van der Waals surface area contributed by atoms with Crippen molar-refractivity contribution >= 4 is 46.0 Å². The highest BCUT2D eigenvalue weighted by Crippen LogP contribution is 2.39. The van der Waals surface area contributed by atoms with Gasteiger partial charge in [-0.25, -0.2) is 4.39 Å². The van der Waals surface area contributed by atoms with Gasteiger partial charge in [-0.05, 0) is 55.2 Å². The highest BCUT2D eigenvalue weighted by Gasteiger charge is 2.32. The van der Waals surface area contributed by atoms with Gasteiger partial charge in [-0.15, -0.1) is 0 Å². The quantitative estimate of drug-likeness (QED) is 0.498. The van der Waals surface area contributed by atoms with Crippen molar-refractivity contribution in [3.8, 4) is 5.75 Å². The number of phenols is 1. The summed E-state index contributed by atoms with van der Waals surface area (Å²) in [6.07, 6.45) is 0.241. The van der Waals surface area contributed by atoms with Crippen molar-refractivity contribution in [1.82, 2.24) is 4.57 Å². The molecule has 0 saturated carbocycles. The summed E-state index contributed by atoms with van der Waals surface area (Å²) in [5.41, 5.74) is 0.843. The van der Waals surface area contributed by atoms with E-state index in [9.17, 15) is 24.2 Å². The van der Waals surface area contributed by atoms with Crippen molar-refractivity contribution in [3.05, 3.63) is 63.0 Å². The van der Waals surface area contributed by atoms with E-state index < -0.39 is 29.4 Å². The molecule has 1 heterocycles. The molecule has 0 spiro atoms. The molecule has 30 heavy (non-hydrogen) atoms. The highest BCUT2D eigenvalue weighted by molar-refractivity contribution is 6.42. The van der Waals surface area contributed by atoms with Crippen LogP contribution < -0.4 is 0 Å². The van der Waals surface area contributed by atoms with Gasteiger partial charge >= 0.3 is 5.97 Å². The number of halogens is 3. The average Bonchev–Trinajstić information content (AvgIpc) is 2.96. The van der Waals surface area contributed by atoms with E-state index >= 15 is 0 Å². The lowest BCUT2D eigenvalue weighted by atomic mass is 9.88. The van der Waals surface area contributed by atoms with E-state index in [1.54, 1.807) is 6.92 Å². The molecular formula is C22H20Cl2FNO4. The largest absolute Gasteiger partial charge is 0.505 e. The molecule has 3 rings (SSSR count). The third kappa shape index (κ3) is 3.77. The lowest BCUT2D eigenvalue weighted by Gasteiger charge is -2.16. The molecule has 158 valence electrons. The van der Waals surface area contributed by atoms with Gasteiger partial charge in [-0.1, -0.05) is 37.0 Å². The van der Waals surface area contributed by atoms with Crippen molar-refractivity contribution in [2.45, 2.75) is 33.1 Å². The number of rotatable bonds is 5. The number of hydrogen-bond acceptors (Lipinski definition) is 3. The number of benzene rings is 2. The second kappa shape index (κ2) is 8.28. The zero-order valence-electron chi connectivity index (χ0n) is 16.5. The van der Waals surface area contributed by atoms with Gasteiger partial charge in [0.1, 0.15) is 0 Å². The number of carboxylic acids is 1. The summed E-state index contributed by atoms with van der Waals surface area (Å²) in [5.74, 6) is -4.25. The number of hydrogen-bond donors (Lipinski definition) is 2. The van der Waals surface area contributed by atoms with E-state index in [0.29, 0.717) is 5.69 Å². The summed E-state index contributed by atoms with van der Waals surface area (Å²) in [5, 5.41) is 20.1. The van der Waals surface area contributed by atoms with E-state index in [2.05, 4.69) is 0 Å². The fraction of sp³-hybridized carbons (Fsp3) is 0.273. The van der Waals surface area contributed by atoms with Crippen molar-refractivity contribution in [3.63, 3.8) is 0 Å². The van der Waals surface area contributed by atoms with Crippen LogP contribution in [0.25, 0.3) is 10.9 Å². The number of fused-ring (bicyclic) bond motifs is 1. The topological polar surface area (TPSA) is 79.5 Å². The van der Waals surface area contributed by atoms with Crippen LogP contribution in [0.15, 0.2) is 30.3 Å². The summed E-state index contributed by atoms with van der Waals surface area (Å²) in [4.78, 5) is 25.3. The molecule has 5 nitrogen and oxygen atoms in total. The standard InChI is InChI=1S/C22H20Cl2FNO4/c1-10(2)8-13(22(29)30)18-11(3)26(16-6-7-17(27)20(25)19(16)18)21(28)12-4-5-14(23)15(24)9-12/h4-7,9-10,13,27H,8H2,1-3H3,(H,29,30)/t13-/m0/s1. The van der Waals surface area contributed by atoms with E-state index in [-0.39, 0.29) is 44.4 Å². The second-order valence-electron chi connectivity index (χ2n) is 7.58. The molecule has 1 atom stereocenters. The number of carboxylic acid groups (broad SMARTS) is 1. The van der Waals surface area contributed by atoms with Crippen LogP contribution in [0.1, 0.15) is 47.8 Å². The average molecular weight is 452 g/mol. The van der Waals surface area contributed by atoms with Gasteiger partial charge in [-0.3, -0.25) is 14.2 Å². The first-order valence-corrected chi connectivity index (χ1v) is 10.0. The maximum atomic E-state index is 15.0. The molecule has 2 N–H and O–H groups in total. The smallest absolute Gasteiger partial charge is 0.311 e. The van der Waals surface area contributed by atoms with Crippen LogP contribution >= 0.6 is 23.2 Å². The number of carbonyl (C=O) groups is 2. The Bertz CT molecular complexity index is 1170. The van der Waals surface area contributed by atoms with Gasteiger partial charge in [0.25, 0.3) is 5.91 Å². The second-order valence-corrected chi connectivity index (χ2v) is 8.40. The molecule has 0 aliphatic heterocycles. The van der Waals surface area contributed by atoms with Gasteiger partial charge < -0.3 is 10.2 Å². The van der Waals surface area contributed by atoms with Crippen LogP contribution in [0, 0.1) is 18.7 Å². The summed E-state index contributed by atoms with van der Waals surface area (Å²) in [6, 6.07) is 6.90. The number of aromatic nitrogens is 1. The Morgan fingerprint density at radius 2 is 1.80 bits per heavy atom. The van der Waals surface area contributed by atoms with Crippen LogP contribution in [0.2, 0.25) is 10.0 Å². The molecule has 0 amide bonds.